The molecule has 0 unspecified atom stereocenters. The Morgan fingerprint density at radius 1 is 1.02 bits per heavy atom. The lowest BCUT2D eigenvalue weighted by molar-refractivity contribution is -0.186. The molecule has 2 N–H and O–H groups in total. The van der Waals surface area contributed by atoms with E-state index in [1.807, 2.05) is 36.4 Å². The van der Waals surface area contributed by atoms with E-state index in [1.54, 1.807) is 18.3 Å². The Morgan fingerprint density at radius 3 is 2.57 bits per heavy atom. The Labute approximate surface area is 363 Å². The van der Waals surface area contributed by atoms with Gasteiger partial charge in [-0.1, -0.05) is 31.1 Å². The highest BCUT2D eigenvalue weighted by atomic mass is 32.2. The number of rotatable bonds is 8. The van der Waals surface area contributed by atoms with Crippen LogP contribution in [0.1, 0.15) is 82.6 Å². The number of amides is 4. The molecule has 1 aromatic carbocycles. The molecular weight excluding hydrogens is 842 g/mol. The normalized spacial score (nSPS) is 27.5. The van der Waals surface area contributed by atoms with Crippen LogP contribution in [-0.2, 0) is 35.6 Å². The molecule has 9 rings (SSSR count). The third kappa shape index (κ3) is 8.96. The summed E-state index contributed by atoms with van der Waals surface area (Å²) < 4.78 is 81.3. The maximum Gasteiger partial charge on any atom is 0.391 e. The molecule has 2 aromatic heterocycles. The summed E-state index contributed by atoms with van der Waals surface area (Å²) >= 11 is 0. The Bertz CT molecular complexity index is 2420. The van der Waals surface area contributed by atoms with E-state index in [1.165, 1.54) is 9.80 Å². The Kier molecular flexibility index (Phi) is 11.6. The number of halogens is 3. The number of hydrogen-bond donors (Lipinski definition) is 2. The zero-order valence-electron chi connectivity index (χ0n) is 34.8. The number of ether oxygens (including phenoxy) is 2. The fourth-order valence-corrected chi connectivity index (χ4v) is 11.0. The first-order valence-electron chi connectivity index (χ1n) is 22.1. The van der Waals surface area contributed by atoms with Gasteiger partial charge >= 0.3 is 6.18 Å². The van der Waals surface area contributed by atoms with Gasteiger partial charge in [0.15, 0.2) is 0 Å². The Balaban J connectivity index is 1.03. The number of allylic oxidation sites excluding steroid dienone is 1. The van der Waals surface area contributed by atoms with Crippen molar-refractivity contribution in [2.24, 2.45) is 17.8 Å². The highest BCUT2D eigenvalue weighted by Crippen LogP contribution is 2.47. The summed E-state index contributed by atoms with van der Waals surface area (Å²) in [5.41, 5.74) is 1.16. The van der Waals surface area contributed by atoms with Crippen LogP contribution < -0.4 is 19.5 Å². The number of nitrogens with zero attached hydrogens (tertiary/aromatic N) is 4. The molecule has 2 saturated carbocycles. The average Bonchev–Trinajstić information content (AvgIpc) is 4.14. The average molecular weight is 893 g/mol. The van der Waals surface area contributed by atoms with Crippen LogP contribution in [0.4, 0.5) is 13.2 Å². The number of piperidine rings is 1. The topological polar surface area (TPSA) is 177 Å². The quantitative estimate of drug-likeness (QED) is 0.279. The number of aromatic nitrogens is 2. The molecule has 63 heavy (non-hydrogen) atoms. The van der Waals surface area contributed by atoms with Crippen LogP contribution >= 0.6 is 0 Å². The van der Waals surface area contributed by atoms with Crippen molar-refractivity contribution in [2.75, 3.05) is 26.2 Å². The van der Waals surface area contributed by atoms with Gasteiger partial charge < -0.3 is 24.6 Å². The van der Waals surface area contributed by atoms with Gasteiger partial charge in [0.25, 0.3) is 5.91 Å². The van der Waals surface area contributed by atoms with Crippen LogP contribution in [0.5, 0.6) is 11.5 Å². The van der Waals surface area contributed by atoms with E-state index >= 15 is 0 Å². The first-order chi connectivity index (χ1) is 30.2. The maximum absolute atomic E-state index is 14.9. The van der Waals surface area contributed by atoms with Crippen LogP contribution in [-0.4, -0.2) is 107 Å². The van der Waals surface area contributed by atoms with Crippen LogP contribution in [0.15, 0.2) is 54.7 Å². The Morgan fingerprint density at radius 2 is 1.83 bits per heavy atom. The number of carbonyl (C=O) groups excluding carboxylic acids is 4. The highest BCUT2D eigenvalue weighted by molar-refractivity contribution is 7.91. The molecule has 5 atom stereocenters. The van der Waals surface area contributed by atoms with E-state index in [4.69, 9.17) is 14.5 Å². The van der Waals surface area contributed by atoms with Crippen molar-refractivity contribution in [1.82, 2.24) is 29.8 Å². The van der Waals surface area contributed by atoms with E-state index in [0.29, 0.717) is 79.6 Å². The van der Waals surface area contributed by atoms with Crippen molar-refractivity contribution in [3.63, 3.8) is 0 Å². The standard InChI is InChI=1S/C45H51F3N6O8S/c46-45(47,48)28-15-19-53(20-16-28)39(55)22-27-8-4-2-1-3-5-9-29-25-44(29,43(58)52-63(59,60)31-11-12-31)51-41(56)36-23-30(26-54(36)42(27)57)62-38-24-35(34-10-6-7-18-49-34)50-40-32(38)13-14-37-33(40)17-21-61-37/h5-7,9-10,13-14,18,24,27-31,36H,1-4,8,11-12,15-17,19-23,25-26H2,(H,51,56)(H,52,58)/b9-5-/t27-,29-,30-,36+,44-/m1/s1. The van der Waals surface area contributed by atoms with Crippen molar-refractivity contribution in [3.05, 3.63) is 60.3 Å². The van der Waals surface area contributed by atoms with Crippen molar-refractivity contribution in [1.29, 1.82) is 0 Å². The minimum atomic E-state index is -4.35. The van der Waals surface area contributed by atoms with E-state index in [9.17, 15) is 40.8 Å². The third-order valence-corrected chi connectivity index (χ3v) is 15.3. The van der Waals surface area contributed by atoms with Gasteiger partial charge in [-0.3, -0.25) is 28.9 Å². The fourth-order valence-electron chi connectivity index (χ4n) is 9.64. The lowest BCUT2D eigenvalue weighted by Gasteiger charge is -2.34. The van der Waals surface area contributed by atoms with Crippen LogP contribution in [0.3, 0.4) is 0 Å². The van der Waals surface area contributed by atoms with Gasteiger partial charge in [0, 0.05) is 67.4 Å². The van der Waals surface area contributed by atoms with Crippen molar-refractivity contribution in [2.45, 2.75) is 113 Å². The molecular formula is C45H51F3N6O8S. The summed E-state index contributed by atoms with van der Waals surface area (Å²) in [7, 11) is -3.95. The molecule has 336 valence electrons. The molecule has 2 saturated heterocycles. The summed E-state index contributed by atoms with van der Waals surface area (Å²) in [5.74, 6) is -4.09. The van der Waals surface area contributed by atoms with Crippen LogP contribution in [0.25, 0.3) is 22.3 Å². The number of fused-ring (bicyclic) bond motifs is 5. The largest absolute Gasteiger partial charge is 0.493 e. The minimum absolute atomic E-state index is 0.00143. The summed E-state index contributed by atoms with van der Waals surface area (Å²) in [6.45, 7) is 0.291. The molecule has 4 aliphatic heterocycles. The lowest BCUT2D eigenvalue weighted by Crippen LogP contribution is -2.57. The van der Waals surface area contributed by atoms with Gasteiger partial charge in [-0.25, -0.2) is 13.4 Å². The Hall–Kier alpha value is -5.26. The minimum Gasteiger partial charge on any atom is -0.493 e. The fraction of sp³-hybridized carbons (Fsp3) is 0.556. The number of alkyl halides is 3. The molecule has 14 nitrogen and oxygen atoms in total. The van der Waals surface area contributed by atoms with Crippen LogP contribution in [0, 0.1) is 17.8 Å². The number of likely N-dealkylation sites (tertiary alicyclic amines) is 1. The predicted octanol–water partition coefficient (Wildman–Crippen LogP) is 5.39. The van der Waals surface area contributed by atoms with Gasteiger partial charge in [0.05, 0.1) is 41.2 Å². The van der Waals surface area contributed by atoms with Gasteiger partial charge in [-0.2, -0.15) is 13.2 Å². The molecule has 0 spiro atoms. The van der Waals surface area contributed by atoms with Gasteiger partial charge in [0.1, 0.15) is 29.2 Å². The second-order valence-corrected chi connectivity index (χ2v) is 19.8. The molecule has 6 heterocycles. The molecule has 4 amide bonds. The number of pyridine rings is 2. The SMILES string of the molecule is O=C1N[C@]2(C(=O)NS(=O)(=O)C3CC3)C[C@H]2/C=C\CCCCC[C@H](CC(=O)N2CCC(C(F)(F)F)CC2)C(=O)N2C[C@H](Oc3cc(-c4ccccn4)nc4c5c(ccc34)OCC5)C[C@@H]12. The number of hydrogen-bond acceptors (Lipinski definition) is 10. The van der Waals surface area contributed by atoms with Crippen LogP contribution in [0.2, 0.25) is 0 Å². The number of sulfonamides is 1. The number of nitrogens with one attached hydrogen (secondary N) is 2. The number of carbonyl (C=O) groups is 4. The van der Waals surface area contributed by atoms with Crippen molar-refractivity contribution in [3.8, 4) is 22.9 Å². The monoisotopic (exact) mass is 892 g/mol. The van der Waals surface area contributed by atoms with Gasteiger partial charge in [-0.05, 0) is 75.6 Å². The van der Waals surface area contributed by atoms with E-state index < -0.39 is 80.5 Å². The molecule has 6 aliphatic rings. The predicted molar refractivity (Wildman–Crippen MR) is 223 cm³/mol. The van der Waals surface area contributed by atoms with E-state index in [2.05, 4.69) is 15.0 Å². The summed E-state index contributed by atoms with van der Waals surface area (Å²) in [4.78, 5) is 69.6. The van der Waals surface area contributed by atoms with Crippen molar-refractivity contribution < 1.29 is 50.2 Å². The second-order valence-electron chi connectivity index (χ2n) is 17.9. The van der Waals surface area contributed by atoms with Crippen molar-refractivity contribution >= 4 is 44.6 Å². The molecule has 0 radical (unpaired) electrons. The van der Waals surface area contributed by atoms with Gasteiger partial charge in [0.2, 0.25) is 27.7 Å². The first kappa shape index (κ1) is 43.0. The molecule has 2 aliphatic carbocycles. The zero-order chi connectivity index (χ0) is 44.1. The highest BCUT2D eigenvalue weighted by Gasteiger charge is 2.62. The summed E-state index contributed by atoms with van der Waals surface area (Å²) in [6, 6.07) is 9.78. The van der Waals surface area contributed by atoms with E-state index in [-0.39, 0.29) is 51.7 Å². The molecule has 3 aromatic rings. The summed E-state index contributed by atoms with van der Waals surface area (Å²) in [6.07, 6.45) is 4.30. The molecule has 18 heteroatoms. The summed E-state index contributed by atoms with van der Waals surface area (Å²) in [5, 5.41) is 2.91. The smallest absolute Gasteiger partial charge is 0.391 e. The second kappa shape index (κ2) is 17.0. The maximum atomic E-state index is 14.9. The third-order valence-electron chi connectivity index (χ3n) is 13.5. The first-order valence-corrected chi connectivity index (χ1v) is 23.6. The van der Waals surface area contributed by atoms with E-state index in [0.717, 1.165) is 17.7 Å². The molecule has 0 bridgehead atoms. The zero-order valence-corrected chi connectivity index (χ0v) is 35.6. The van der Waals surface area contributed by atoms with Gasteiger partial charge in [-0.15, -0.1) is 0 Å². The number of benzene rings is 1. The molecule has 4 fully saturated rings. The lowest BCUT2D eigenvalue weighted by atomic mass is 9.92.